The third kappa shape index (κ3) is 5.49. The second-order valence-corrected chi connectivity index (χ2v) is 6.82. The van der Waals surface area contributed by atoms with Gasteiger partial charge in [-0.05, 0) is 38.3 Å². The van der Waals surface area contributed by atoms with Gasteiger partial charge in [0.25, 0.3) is 5.91 Å². The third-order valence-electron chi connectivity index (χ3n) is 4.56. The Kier molecular flexibility index (Phi) is 8.19. The smallest absolute Gasteiger partial charge is 0.254 e. The van der Waals surface area contributed by atoms with Gasteiger partial charge >= 0.3 is 0 Å². The van der Waals surface area contributed by atoms with E-state index in [-0.39, 0.29) is 24.3 Å². The summed E-state index contributed by atoms with van der Waals surface area (Å²) >= 11 is 6.30. The van der Waals surface area contributed by atoms with Crippen molar-refractivity contribution in [2.45, 2.75) is 38.6 Å². The Morgan fingerprint density at radius 1 is 1.37 bits per heavy atom. The number of carbonyl (C=O) groups is 2. The molecule has 8 heteroatoms. The van der Waals surface area contributed by atoms with E-state index in [1.54, 1.807) is 17.0 Å². The number of nitrogens with one attached hydrogen (secondary N) is 1. The Morgan fingerprint density at radius 3 is 2.81 bits per heavy atom. The van der Waals surface area contributed by atoms with Crippen molar-refractivity contribution in [3.8, 4) is 11.5 Å². The van der Waals surface area contributed by atoms with Crippen LogP contribution in [0.4, 0.5) is 0 Å². The number of halogens is 1. The minimum absolute atomic E-state index is 0.0516. The standard InChI is InChI=1S/C19H28ClN3O4/c1-3-27-18-15(20)10-13(11-16(18)26-2)19(25)23-9-5-4-6-14(23)12-22-17(24)7-8-21/h10-11,14H,3-9,12,21H2,1-2H3,(H,22,24). The van der Waals surface area contributed by atoms with Crippen LogP contribution in [0.1, 0.15) is 43.0 Å². The van der Waals surface area contributed by atoms with Crippen LogP contribution in [0.5, 0.6) is 11.5 Å². The van der Waals surface area contributed by atoms with E-state index in [0.717, 1.165) is 19.3 Å². The molecule has 1 aromatic rings. The largest absolute Gasteiger partial charge is 0.493 e. The number of rotatable bonds is 8. The molecular formula is C19H28ClN3O4. The van der Waals surface area contributed by atoms with Gasteiger partial charge in [-0.3, -0.25) is 9.59 Å². The van der Waals surface area contributed by atoms with Gasteiger partial charge in [0.15, 0.2) is 11.5 Å². The first-order valence-electron chi connectivity index (χ1n) is 9.29. The summed E-state index contributed by atoms with van der Waals surface area (Å²) < 4.78 is 10.8. The van der Waals surface area contributed by atoms with Crippen molar-refractivity contribution in [2.24, 2.45) is 5.73 Å². The summed E-state index contributed by atoms with van der Waals surface area (Å²) in [5, 5.41) is 3.20. The molecule has 1 unspecified atom stereocenters. The van der Waals surface area contributed by atoms with E-state index in [0.29, 0.717) is 48.3 Å². The fourth-order valence-corrected chi connectivity index (χ4v) is 3.49. The maximum Gasteiger partial charge on any atom is 0.254 e. The lowest BCUT2D eigenvalue weighted by molar-refractivity contribution is -0.121. The summed E-state index contributed by atoms with van der Waals surface area (Å²) in [6.45, 7) is 3.67. The number of carbonyl (C=O) groups excluding carboxylic acids is 2. The first-order chi connectivity index (χ1) is 13.0. The second kappa shape index (κ2) is 10.4. The quantitative estimate of drug-likeness (QED) is 0.701. The molecule has 1 aliphatic heterocycles. The average Bonchev–Trinajstić information content (AvgIpc) is 2.67. The van der Waals surface area contributed by atoms with Gasteiger partial charge in [0.1, 0.15) is 0 Å². The molecule has 3 N–H and O–H groups in total. The summed E-state index contributed by atoms with van der Waals surface area (Å²) in [6.07, 6.45) is 3.08. The molecule has 2 rings (SSSR count). The number of piperidine rings is 1. The van der Waals surface area contributed by atoms with E-state index >= 15 is 0 Å². The first-order valence-corrected chi connectivity index (χ1v) is 9.67. The molecule has 1 saturated heterocycles. The Hall–Kier alpha value is -1.99. The van der Waals surface area contributed by atoms with Crippen molar-refractivity contribution in [1.82, 2.24) is 10.2 Å². The maximum absolute atomic E-state index is 13.1. The Balaban J connectivity index is 2.18. The van der Waals surface area contributed by atoms with Crippen LogP contribution >= 0.6 is 11.6 Å². The highest BCUT2D eigenvalue weighted by atomic mass is 35.5. The fourth-order valence-electron chi connectivity index (χ4n) is 3.22. The molecule has 2 amide bonds. The monoisotopic (exact) mass is 397 g/mol. The highest BCUT2D eigenvalue weighted by Crippen LogP contribution is 2.37. The molecule has 1 atom stereocenters. The van der Waals surface area contributed by atoms with Crippen molar-refractivity contribution in [3.05, 3.63) is 22.7 Å². The SMILES string of the molecule is CCOc1c(Cl)cc(C(=O)N2CCCCC2CNC(=O)CCN)cc1OC. The van der Waals surface area contributed by atoms with Gasteiger partial charge in [0.2, 0.25) is 5.91 Å². The molecule has 0 aliphatic carbocycles. The molecule has 0 saturated carbocycles. The van der Waals surface area contributed by atoms with E-state index in [1.807, 2.05) is 6.92 Å². The van der Waals surface area contributed by atoms with Crippen LogP contribution in [-0.4, -0.2) is 56.1 Å². The Bertz CT molecular complexity index is 669. The zero-order chi connectivity index (χ0) is 19.8. The molecule has 0 radical (unpaired) electrons. The van der Waals surface area contributed by atoms with Gasteiger partial charge < -0.3 is 25.4 Å². The summed E-state index contributed by atoms with van der Waals surface area (Å²) in [5.41, 5.74) is 5.85. The predicted molar refractivity (Wildman–Crippen MR) is 105 cm³/mol. The van der Waals surface area contributed by atoms with E-state index in [4.69, 9.17) is 26.8 Å². The van der Waals surface area contributed by atoms with Gasteiger partial charge in [-0.15, -0.1) is 0 Å². The first kappa shape index (κ1) is 21.3. The summed E-state index contributed by atoms with van der Waals surface area (Å²) in [7, 11) is 1.51. The average molecular weight is 398 g/mol. The molecule has 1 heterocycles. The maximum atomic E-state index is 13.1. The van der Waals surface area contributed by atoms with Crippen LogP contribution in [0, 0.1) is 0 Å². The van der Waals surface area contributed by atoms with E-state index < -0.39 is 0 Å². The van der Waals surface area contributed by atoms with Crippen LogP contribution in [0.3, 0.4) is 0 Å². The number of methoxy groups -OCH3 is 1. The van der Waals surface area contributed by atoms with Gasteiger partial charge in [0.05, 0.1) is 18.7 Å². The molecule has 1 aromatic carbocycles. The highest BCUT2D eigenvalue weighted by molar-refractivity contribution is 6.32. The number of amides is 2. The lowest BCUT2D eigenvalue weighted by atomic mass is 10.0. The van der Waals surface area contributed by atoms with E-state index in [1.165, 1.54) is 7.11 Å². The van der Waals surface area contributed by atoms with Crippen LogP contribution in [0.25, 0.3) is 0 Å². The highest BCUT2D eigenvalue weighted by Gasteiger charge is 2.29. The van der Waals surface area contributed by atoms with Crippen molar-refractivity contribution in [3.63, 3.8) is 0 Å². The zero-order valence-electron chi connectivity index (χ0n) is 15.9. The van der Waals surface area contributed by atoms with Crippen LogP contribution in [0.15, 0.2) is 12.1 Å². The number of nitrogens with zero attached hydrogens (tertiary/aromatic N) is 1. The predicted octanol–water partition coefficient (Wildman–Crippen LogP) is 2.21. The second-order valence-electron chi connectivity index (χ2n) is 6.41. The number of hydrogen-bond donors (Lipinski definition) is 2. The number of ether oxygens (including phenoxy) is 2. The van der Waals surface area contributed by atoms with Gasteiger partial charge in [-0.2, -0.15) is 0 Å². The molecule has 27 heavy (non-hydrogen) atoms. The van der Waals surface area contributed by atoms with Crippen LogP contribution in [0.2, 0.25) is 5.02 Å². The minimum Gasteiger partial charge on any atom is -0.493 e. The summed E-state index contributed by atoms with van der Waals surface area (Å²) in [5.74, 6) is 0.636. The van der Waals surface area contributed by atoms with Gasteiger partial charge in [0, 0.05) is 37.7 Å². The third-order valence-corrected chi connectivity index (χ3v) is 4.84. The van der Waals surface area contributed by atoms with Crippen LogP contribution < -0.4 is 20.5 Å². The lowest BCUT2D eigenvalue weighted by Gasteiger charge is -2.36. The van der Waals surface area contributed by atoms with E-state index in [9.17, 15) is 9.59 Å². The topological polar surface area (TPSA) is 93.9 Å². The molecular weight excluding hydrogens is 370 g/mol. The van der Waals surface area contributed by atoms with Crippen molar-refractivity contribution >= 4 is 23.4 Å². The Morgan fingerprint density at radius 2 is 2.15 bits per heavy atom. The molecule has 0 aromatic heterocycles. The number of likely N-dealkylation sites (tertiary alicyclic amines) is 1. The number of benzene rings is 1. The van der Waals surface area contributed by atoms with Crippen molar-refractivity contribution in [1.29, 1.82) is 0 Å². The van der Waals surface area contributed by atoms with E-state index in [2.05, 4.69) is 5.32 Å². The van der Waals surface area contributed by atoms with Crippen molar-refractivity contribution < 1.29 is 19.1 Å². The van der Waals surface area contributed by atoms with Crippen molar-refractivity contribution in [2.75, 3.05) is 33.4 Å². The number of hydrogen-bond acceptors (Lipinski definition) is 5. The zero-order valence-corrected chi connectivity index (χ0v) is 16.7. The lowest BCUT2D eigenvalue weighted by Crippen LogP contribution is -2.49. The molecule has 1 fully saturated rings. The molecule has 1 aliphatic rings. The van der Waals surface area contributed by atoms with Gasteiger partial charge in [-0.25, -0.2) is 0 Å². The molecule has 0 spiro atoms. The normalized spacial score (nSPS) is 16.7. The number of nitrogens with two attached hydrogens (primary N) is 1. The summed E-state index contributed by atoms with van der Waals surface area (Å²) in [6, 6.07) is 3.21. The summed E-state index contributed by atoms with van der Waals surface area (Å²) in [4.78, 5) is 26.6. The minimum atomic E-state index is -0.129. The van der Waals surface area contributed by atoms with Crippen LogP contribution in [-0.2, 0) is 4.79 Å². The molecule has 150 valence electrons. The fraction of sp³-hybridized carbons (Fsp3) is 0.579. The molecule has 0 bridgehead atoms. The Labute approximate surface area is 165 Å². The molecule has 7 nitrogen and oxygen atoms in total. The van der Waals surface area contributed by atoms with Gasteiger partial charge in [-0.1, -0.05) is 11.6 Å².